The van der Waals surface area contributed by atoms with Gasteiger partial charge in [-0.25, -0.2) is 0 Å². The summed E-state index contributed by atoms with van der Waals surface area (Å²) in [5, 5.41) is 11.6. The Morgan fingerprint density at radius 2 is 1.85 bits per heavy atom. The van der Waals surface area contributed by atoms with Crippen LogP contribution in [0.2, 0.25) is 0 Å². The first-order chi connectivity index (χ1) is 13.1. The Hall–Kier alpha value is -1.91. The molecular weight excluding hydrogens is 336 g/mol. The second-order valence-electron chi connectivity index (χ2n) is 8.40. The van der Waals surface area contributed by atoms with Gasteiger partial charge in [0.25, 0.3) is 0 Å². The lowest BCUT2D eigenvalue weighted by atomic mass is 9.63. The molecule has 2 atom stereocenters. The topological polar surface area (TPSA) is 45.6 Å². The fourth-order valence-corrected chi connectivity index (χ4v) is 4.95. The van der Waals surface area contributed by atoms with Gasteiger partial charge in [-0.05, 0) is 50.5 Å². The number of likely N-dealkylation sites (tertiary alicyclic amines) is 1. The molecule has 1 saturated carbocycles. The monoisotopic (exact) mass is 366 g/mol. The summed E-state index contributed by atoms with van der Waals surface area (Å²) >= 11 is 0. The van der Waals surface area contributed by atoms with Crippen LogP contribution in [0, 0.1) is 11.8 Å². The molecule has 2 bridgehead atoms. The summed E-state index contributed by atoms with van der Waals surface area (Å²) in [6, 6.07) is 12.4. The number of benzene rings is 1. The van der Waals surface area contributed by atoms with Crippen LogP contribution in [0.3, 0.4) is 0 Å². The number of nitrogens with zero attached hydrogens (tertiary/aromatic N) is 2. The van der Waals surface area contributed by atoms with Crippen molar-refractivity contribution in [3.8, 4) is 5.75 Å². The minimum absolute atomic E-state index is 0.197. The van der Waals surface area contributed by atoms with Gasteiger partial charge in [-0.1, -0.05) is 24.6 Å². The molecule has 27 heavy (non-hydrogen) atoms. The number of piperidine rings is 1. The molecule has 1 aromatic carbocycles. The number of aromatic nitrogens is 1. The lowest BCUT2D eigenvalue weighted by Crippen LogP contribution is -2.57. The van der Waals surface area contributed by atoms with Crippen LogP contribution in [-0.2, 0) is 12.1 Å². The third-order valence-corrected chi connectivity index (χ3v) is 6.13. The second kappa shape index (κ2) is 7.61. The first-order valence-corrected chi connectivity index (χ1v) is 10.2. The Balaban J connectivity index is 1.47. The SMILES string of the molecule is CC(C)Oc1ccc(CN2C[C@@H]3CCC[C@@H](C2)C3(O)c2cccnc2)cc1. The highest BCUT2D eigenvalue weighted by atomic mass is 16.5. The van der Waals surface area contributed by atoms with E-state index in [-0.39, 0.29) is 17.9 Å². The van der Waals surface area contributed by atoms with Gasteiger partial charge in [-0.3, -0.25) is 9.88 Å². The molecule has 2 aromatic rings. The molecule has 4 nitrogen and oxygen atoms in total. The molecule has 2 heterocycles. The number of aliphatic hydroxyl groups is 1. The Morgan fingerprint density at radius 1 is 1.15 bits per heavy atom. The average Bonchev–Trinajstić information content (AvgIpc) is 2.64. The van der Waals surface area contributed by atoms with Crippen LogP contribution in [0.15, 0.2) is 48.8 Å². The number of rotatable bonds is 5. The molecule has 1 aromatic heterocycles. The summed E-state index contributed by atoms with van der Waals surface area (Å²) in [6.07, 6.45) is 7.22. The van der Waals surface area contributed by atoms with Gasteiger partial charge in [0, 0.05) is 49.4 Å². The van der Waals surface area contributed by atoms with Crippen LogP contribution in [-0.4, -0.2) is 34.2 Å². The predicted molar refractivity (Wildman–Crippen MR) is 106 cm³/mol. The van der Waals surface area contributed by atoms with Crippen molar-refractivity contribution in [2.75, 3.05) is 13.1 Å². The van der Waals surface area contributed by atoms with Crippen molar-refractivity contribution in [2.24, 2.45) is 11.8 Å². The van der Waals surface area contributed by atoms with E-state index in [0.29, 0.717) is 0 Å². The van der Waals surface area contributed by atoms with Crippen LogP contribution in [0.4, 0.5) is 0 Å². The van der Waals surface area contributed by atoms with Gasteiger partial charge < -0.3 is 9.84 Å². The average molecular weight is 367 g/mol. The molecule has 2 aliphatic rings. The minimum atomic E-state index is -0.724. The molecule has 1 saturated heterocycles. The molecule has 0 spiro atoms. The van der Waals surface area contributed by atoms with E-state index in [1.54, 1.807) is 6.20 Å². The highest BCUT2D eigenvalue weighted by Crippen LogP contribution is 2.49. The van der Waals surface area contributed by atoms with Crippen molar-refractivity contribution >= 4 is 0 Å². The highest BCUT2D eigenvalue weighted by Gasteiger charge is 2.51. The summed E-state index contributed by atoms with van der Waals surface area (Å²) < 4.78 is 5.74. The van der Waals surface area contributed by atoms with Gasteiger partial charge in [-0.15, -0.1) is 0 Å². The van der Waals surface area contributed by atoms with Crippen LogP contribution >= 0.6 is 0 Å². The summed E-state index contributed by atoms with van der Waals surface area (Å²) in [4.78, 5) is 6.77. The fraction of sp³-hybridized carbons (Fsp3) is 0.522. The second-order valence-corrected chi connectivity index (χ2v) is 8.40. The van der Waals surface area contributed by atoms with E-state index in [1.807, 2.05) is 32.2 Å². The molecule has 1 aliphatic carbocycles. The van der Waals surface area contributed by atoms with Crippen molar-refractivity contribution in [2.45, 2.75) is 51.4 Å². The number of hydrogen-bond acceptors (Lipinski definition) is 4. The van der Waals surface area contributed by atoms with E-state index >= 15 is 0 Å². The van der Waals surface area contributed by atoms with Crippen molar-refractivity contribution in [1.29, 1.82) is 0 Å². The zero-order valence-electron chi connectivity index (χ0n) is 16.3. The zero-order chi connectivity index (χ0) is 18.9. The van der Waals surface area contributed by atoms with Crippen molar-refractivity contribution in [3.63, 3.8) is 0 Å². The maximum absolute atomic E-state index is 11.6. The Bertz CT molecular complexity index is 731. The maximum Gasteiger partial charge on any atom is 0.119 e. The van der Waals surface area contributed by atoms with Crippen LogP contribution in [0.5, 0.6) is 5.75 Å². The Kier molecular flexibility index (Phi) is 5.20. The van der Waals surface area contributed by atoms with E-state index in [9.17, 15) is 5.11 Å². The van der Waals surface area contributed by atoms with E-state index in [4.69, 9.17) is 4.74 Å². The van der Waals surface area contributed by atoms with Gasteiger partial charge >= 0.3 is 0 Å². The summed E-state index contributed by atoms with van der Waals surface area (Å²) in [5.74, 6) is 1.48. The van der Waals surface area contributed by atoms with Gasteiger partial charge in [0.1, 0.15) is 5.75 Å². The molecule has 1 aliphatic heterocycles. The van der Waals surface area contributed by atoms with Crippen LogP contribution in [0.25, 0.3) is 0 Å². The maximum atomic E-state index is 11.6. The molecule has 1 N–H and O–H groups in total. The zero-order valence-corrected chi connectivity index (χ0v) is 16.3. The molecule has 144 valence electrons. The lowest BCUT2D eigenvalue weighted by molar-refractivity contribution is -0.148. The molecule has 4 rings (SSSR count). The van der Waals surface area contributed by atoms with E-state index in [2.05, 4.69) is 34.1 Å². The van der Waals surface area contributed by atoms with E-state index in [0.717, 1.165) is 43.8 Å². The van der Waals surface area contributed by atoms with E-state index in [1.165, 1.54) is 12.0 Å². The molecule has 0 amide bonds. The third-order valence-electron chi connectivity index (χ3n) is 6.13. The molecule has 4 heteroatoms. The summed E-state index contributed by atoms with van der Waals surface area (Å²) in [5.41, 5.74) is 1.57. The number of ether oxygens (including phenoxy) is 1. The normalized spacial score (nSPS) is 28.3. The van der Waals surface area contributed by atoms with Gasteiger partial charge in [0.15, 0.2) is 0 Å². The highest BCUT2D eigenvalue weighted by molar-refractivity contribution is 5.28. The first kappa shape index (κ1) is 18.5. The van der Waals surface area contributed by atoms with Crippen molar-refractivity contribution in [1.82, 2.24) is 9.88 Å². The smallest absolute Gasteiger partial charge is 0.119 e. The predicted octanol–water partition coefficient (Wildman–Crippen LogP) is 3.99. The molecule has 2 fully saturated rings. The summed E-state index contributed by atoms with van der Waals surface area (Å²) in [7, 11) is 0. The van der Waals surface area contributed by atoms with Gasteiger partial charge in [0.05, 0.1) is 11.7 Å². The first-order valence-electron chi connectivity index (χ1n) is 10.2. The number of hydrogen-bond donors (Lipinski definition) is 1. The largest absolute Gasteiger partial charge is 0.491 e. The fourth-order valence-electron chi connectivity index (χ4n) is 4.95. The number of fused-ring (bicyclic) bond motifs is 2. The summed E-state index contributed by atoms with van der Waals surface area (Å²) in [6.45, 7) is 6.89. The quantitative estimate of drug-likeness (QED) is 0.869. The van der Waals surface area contributed by atoms with Gasteiger partial charge in [-0.2, -0.15) is 0 Å². The van der Waals surface area contributed by atoms with Crippen LogP contribution in [0.1, 0.15) is 44.2 Å². The molecular formula is C23H30N2O2. The van der Waals surface area contributed by atoms with Crippen molar-refractivity contribution < 1.29 is 9.84 Å². The molecule has 0 unspecified atom stereocenters. The Morgan fingerprint density at radius 3 is 2.44 bits per heavy atom. The van der Waals surface area contributed by atoms with Gasteiger partial charge in [0.2, 0.25) is 0 Å². The number of pyridine rings is 1. The van der Waals surface area contributed by atoms with Crippen LogP contribution < -0.4 is 4.74 Å². The standard InChI is InChI=1S/C23H30N2O2/c1-17(2)27-22-10-8-18(9-11-22)14-25-15-20-5-3-6-21(16-25)23(20,26)19-7-4-12-24-13-19/h4,7-13,17,20-21,26H,3,5-6,14-16H2,1-2H3/t20-,21-/m0/s1. The van der Waals surface area contributed by atoms with E-state index < -0.39 is 5.60 Å². The Labute approximate surface area is 162 Å². The third kappa shape index (κ3) is 3.74. The van der Waals surface area contributed by atoms with Crippen molar-refractivity contribution in [3.05, 3.63) is 59.9 Å². The molecule has 0 radical (unpaired) electrons. The minimum Gasteiger partial charge on any atom is -0.491 e. The lowest BCUT2D eigenvalue weighted by Gasteiger charge is -2.53.